The smallest absolute Gasteiger partial charge is 0.000988 e. The molecule has 1 saturated heterocycles. The third-order valence-electron chi connectivity index (χ3n) is 3.95. The van der Waals surface area contributed by atoms with Crippen molar-refractivity contribution in [2.75, 3.05) is 19.6 Å². The number of hydrogen-bond acceptors (Lipinski definition) is 1. The van der Waals surface area contributed by atoms with Crippen LogP contribution in [0.4, 0.5) is 0 Å². The van der Waals surface area contributed by atoms with Gasteiger partial charge in [-0.3, -0.25) is 0 Å². The number of fused-ring (bicyclic) bond motifs is 2. The third-order valence-corrected chi connectivity index (χ3v) is 3.95. The Hall–Kier alpha value is -0.0400. The first-order chi connectivity index (χ1) is 6.74. The van der Waals surface area contributed by atoms with E-state index in [-0.39, 0.29) is 0 Å². The molecule has 0 amide bonds. The third kappa shape index (κ3) is 2.73. The van der Waals surface area contributed by atoms with Crippen LogP contribution >= 0.6 is 0 Å². The zero-order chi connectivity index (χ0) is 9.97. The van der Waals surface area contributed by atoms with Crippen molar-refractivity contribution >= 4 is 0 Å². The molecule has 1 heterocycles. The second-order valence-electron chi connectivity index (χ2n) is 5.84. The van der Waals surface area contributed by atoms with Crippen LogP contribution in [-0.2, 0) is 0 Å². The van der Waals surface area contributed by atoms with Gasteiger partial charge in [-0.1, -0.05) is 20.3 Å². The highest BCUT2D eigenvalue weighted by Gasteiger charge is 2.29. The molecule has 1 saturated carbocycles. The van der Waals surface area contributed by atoms with Crippen LogP contribution < -0.4 is 0 Å². The van der Waals surface area contributed by atoms with Gasteiger partial charge in [0.05, 0.1) is 0 Å². The van der Waals surface area contributed by atoms with E-state index in [1.807, 2.05) is 0 Å². The van der Waals surface area contributed by atoms with Gasteiger partial charge < -0.3 is 4.90 Å². The number of hydrogen-bond donors (Lipinski definition) is 0. The van der Waals surface area contributed by atoms with E-state index in [1.165, 1.54) is 51.7 Å². The van der Waals surface area contributed by atoms with Crippen molar-refractivity contribution in [3.8, 4) is 0 Å². The predicted molar refractivity (Wildman–Crippen MR) is 61.3 cm³/mol. The molecule has 1 aliphatic carbocycles. The van der Waals surface area contributed by atoms with Crippen molar-refractivity contribution in [2.45, 2.75) is 46.0 Å². The predicted octanol–water partition coefficient (Wildman–Crippen LogP) is 3.15. The van der Waals surface area contributed by atoms with E-state index < -0.39 is 0 Å². The molecule has 1 heteroatoms. The van der Waals surface area contributed by atoms with Gasteiger partial charge in [-0.05, 0) is 50.0 Å². The van der Waals surface area contributed by atoms with Crippen molar-refractivity contribution in [1.29, 1.82) is 0 Å². The molecule has 0 aromatic carbocycles. The fraction of sp³-hybridized carbons (Fsp3) is 1.00. The minimum atomic E-state index is 0.872. The van der Waals surface area contributed by atoms with Crippen molar-refractivity contribution in [3.63, 3.8) is 0 Å². The van der Waals surface area contributed by atoms with Crippen LogP contribution in [0.2, 0.25) is 0 Å². The number of rotatable bonds is 3. The Labute approximate surface area is 88.9 Å². The summed E-state index contributed by atoms with van der Waals surface area (Å²) >= 11 is 0. The van der Waals surface area contributed by atoms with Gasteiger partial charge in [0.2, 0.25) is 0 Å². The summed E-state index contributed by atoms with van der Waals surface area (Å²) in [7, 11) is 0. The minimum absolute atomic E-state index is 0.872. The van der Waals surface area contributed by atoms with Crippen LogP contribution in [-0.4, -0.2) is 24.5 Å². The van der Waals surface area contributed by atoms with Crippen LogP contribution in [0.3, 0.4) is 0 Å². The van der Waals surface area contributed by atoms with E-state index in [9.17, 15) is 0 Å². The first-order valence-corrected chi connectivity index (χ1v) is 6.46. The first kappa shape index (κ1) is 10.5. The monoisotopic (exact) mass is 195 g/mol. The Balaban J connectivity index is 1.77. The zero-order valence-corrected chi connectivity index (χ0v) is 9.84. The highest BCUT2D eigenvalue weighted by atomic mass is 15.1. The fourth-order valence-corrected chi connectivity index (χ4v) is 3.16. The average molecular weight is 195 g/mol. The summed E-state index contributed by atoms with van der Waals surface area (Å²) in [5.74, 6) is 2.97. The number of nitrogens with zero attached hydrogens (tertiary/aromatic N) is 1. The lowest BCUT2D eigenvalue weighted by Crippen LogP contribution is -2.43. The molecule has 2 aliphatic rings. The van der Waals surface area contributed by atoms with Gasteiger partial charge in [-0.25, -0.2) is 0 Å². The molecule has 0 spiro atoms. The van der Waals surface area contributed by atoms with Crippen LogP contribution in [0.5, 0.6) is 0 Å². The molecule has 2 atom stereocenters. The minimum Gasteiger partial charge on any atom is -0.303 e. The van der Waals surface area contributed by atoms with Crippen molar-refractivity contribution in [3.05, 3.63) is 0 Å². The SMILES string of the molecule is CC(C)CCN1CC2CCCC(C2)C1. The number of likely N-dealkylation sites (tertiary alicyclic amines) is 1. The lowest BCUT2D eigenvalue weighted by molar-refractivity contribution is 0.0827. The second kappa shape index (κ2) is 4.65. The van der Waals surface area contributed by atoms with E-state index in [2.05, 4.69) is 18.7 Å². The Morgan fingerprint density at radius 3 is 2.36 bits per heavy atom. The normalized spacial score (nSPS) is 33.6. The van der Waals surface area contributed by atoms with Crippen molar-refractivity contribution in [1.82, 2.24) is 4.90 Å². The summed E-state index contributed by atoms with van der Waals surface area (Å²) in [4.78, 5) is 2.73. The van der Waals surface area contributed by atoms with Crippen LogP contribution in [0.15, 0.2) is 0 Å². The van der Waals surface area contributed by atoms with Gasteiger partial charge in [0.25, 0.3) is 0 Å². The summed E-state index contributed by atoms with van der Waals surface area (Å²) in [6.45, 7) is 8.84. The summed E-state index contributed by atoms with van der Waals surface area (Å²) in [5, 5.41) is 0. The zero-order valence-electron chi connectivity index (χ0n) is 9.84. The van der Waals surface area contributed by atoms with Gasteiger partial charge in [-0.2, -0.15) is 0 Å². The van der Waals surface area contributed by atoms with Crippen molar-refractivity contribution < 1.29 is 0 Å². The standard InChI is InChI=1S/C13H25N/c1-11(2)6-7-14-9-12-4-3-5-13(8-12)10-14/h11-13H,3-10H2,1-2H3. The van der Waals surface area contributed by atoms with E-state index in [4.69, 9.17) is 0 Å². The van der Waals surface area contributed by atoms with Crippen LogP contribution in [0.25, 0.3) is 0 Å². The van der Waals surface area contributed by atoms with E-state index in [0.29, 0.717) is 0 Å². The molecular weight excluding hydrogens is 170 g/mol. The Bertz CT molecular complexity index is 164. The van der Waals surface area contributed by atoms with Crippen LogP contribution in [0, 0.1) is 17.8 Å². The lowest BCUT2D eigenvalue weighted by Gasteiger charge is -2.41. The van der Waals surface area contributed by atoms with Gasteiger partial charge in [0.1, 0.15) is 0 Å². The van der Waals surface area contributed by atoms with Gasteiger partial charge in [-0.15, -0.1) is 0 Å². The van der Waals surface area contributed by atoms with E-state index in [0.717, 1.165) is 17.8 Å². The topological polar surface area (TPSA) is 3.24 Å². The highest BCUT2D eigenvalue weighted by Crippen LogP contribution is 2.34. The molecule has 2 bridgehead atoms. The average Bonchev–Trinajstić information content (AvgIpc) is 2.14. The maximum Gasteiger partial charge on any atom is 0.000988 e. The molecule has 82 valence electrons. The molecule has 0 aromatic heterocycles. The summed E-state index contributed by atoms with van der Waals surface area (Å²) < 4.78 is 0. The quantitative estimate of drug-likeness (QED) is 0.668. The Morgan fingerprint density at radius 1 is 1.14 bits per heavy atom. The summed E-state index contributed by atoms with van der Waals surface area (Å²) in [6.07, 6.45) is 7.45. The molecule has 2 rings (SSSR count). The Morgan fingerprint density at radius 2 is 1.79 bits per heavy atom. The maximum atomic E-state index is 2.73. The first-order valence-electron chi connectivity index (χ1n) is 6.46. The molecule has 1 aliphatic heterocycles. The molecule has 2 unspecified atom stereocenters. The van der Waals surface area contributed by atoms with E-state index in [1.54, 1.807) is 0 Å². The molecule has 0 aromatic rings. The molecule has 0 radical (unpaired) electrons. The molecule has 14 heavy (non-hydrogen) atoms. The van der Waals surface area contributed by atoms with E-state index >= 15 is 0 Å². The summed E-state index contributed by atoms with van der Waals surface area (Å²) in [5.41, 5.74) is 0. The van der Waals surface area contributed by atoms with Gasteiger partial charge >= 0.3 is 0 Å². The van der Waals surface area contributed by atoms with Crippen molar-refractivity contribution in [2.24, 2.45) is 17.8 Å². The maximum absolute atomic E-state index is 2.73. The van der Waals surface area contributed by atoms with Gasteiger partial charge in [0.15, 0.2) is 0 Å². The second-order valence-corrected chi connectivity index (χ2v) is 5.84. The molecule has 1 nitrogen and oxygen atoms in total. The fourth-order valence-electron chi connectivity index (χ4n) is 3.16. The molecule has 0 N–H and O–H groups in total. The van der Waals surface area contributed by atoms with Gasteiger partial charge in [0, 0.05) is 13.1 Å². The number of piperidine rings is 1. The van der Waals surface area contributed by atoms with Crippen LogP contribution in [0.1, 0.15) is 46.0 Å². The summed E-state index contributed by atoms with van der Waals surface area (Å²) in [6, 6.07) is 0. The highest BCUT2D eigenvalue weighted by molar-refractivity contribution is 4.83. The Kier molecular flexibility index (Phi) is 3.48. The lowest BCUT2D eigenvalue weighted by atomic mass is 9.78. The molecule has 2 fully saturated rings. The largest absolute Gasteiger partial charge is 0.303 e. The molecular formula is C13H25N.